The highest BCUT2D eigenvalue weighted by atomic mass is 32.1. The van der Waals surface area contributed by atoms with Crippen LogP contribution in [-0.2, 0) is 0 Å². The molecule has 0 fully saturated rings. The lowest BCUT2D eigenvalue weighted by atomic mass is 10.1. The SMILES string of the molecule is Cc1ccccc1-c1noc(/C(C#N)=C/c2sccc2C)n1. The van der Waals surface area contributed by atoms with Crippen molar-refractivity contribution in [3.05, 3.63) is 57.6 Å². The van der Waals surface area contributed by atoms with Crippen LogP contribution in [0.2, 0.25) is 0 Å². The Balaban J connectivity index is 2.00. The number of rotatable bonds is 3. The fourth-order valence-corrected chi connectivity index (χ4v) is 2.93. The van der Waals surface area contributed by atoms with Crippen molar-refractivity contribution in [3.63, 3.8) is 0 Å². The number of thiophene rings is 1. The van der Waals surface area contributed by atoms with Crippen molar-refractivity contribution >= 4 is 23.0 Å². The first-order chi connectivity index (χ1) is 10.7. The van der Waals surface area contributed by atoms with E-state index in [2.05, 4.69) is 16.2 Å². The lowest BCUT2D eigenvalue weighted by Crippen LogP contribution is -1.86. The number of nitriles is 1. The Morgan fingerprint density at radius 1 is 1.23 bits per heavy atom. The van der Waals surface area contributed by atoms with Crippen molar-refractivity contribution in [2.45, 2.75) is 13.8 Å². The largest absolute Gasteiger partial charge is 0.333 e. The molecule has 0 aliphatic carbocycles. The molecule has 0 atom stereocenters. The Kier molecular flexibility index (Phi) is 3.86. The van der Waals surface area contributed by atoms with Crippen LogP contribution in [0.4, 0.5) is 0 Å². The molecule has 0 saturated carbocycles. The average Bonchev–Trinajstić information content (AvgIpc) is 3.15. The van der Waals surface area contributed by atoms with E-state index in [9.17, 15) is 5.26 Å². The molecule has 0 saturated heterocycles. The van der Waals surface area contributed by atoms with Gasteiger partial charge in [0.25, 0.3) is 5.89 Å². The topological polar surface area (TPSA) is 62.7 Å². The summed E-state index contributed by atoms with van der Waals surface area (Å²) in [4.78, 5) is 5.38. The van der Waals surface area contributed by atoms with E-state index in [1.165, 1.54) is 0 Å². The predicted octanol–water partition coefficient (Wildman–Crippen LogP) is 4.48. The highest BCUT2D eigenvalue weighted by Crippen LogP contribution is 2.25. The lowest BCUT2D eigenvalue weighted by Gasteiger charge is -1.97. The van der Waals surface area contributed by atoms with Crippen molar-refractivity contribution in [2.24, 2.45) is 0 Å². The average molecular weight is 307 g/mol. The monoisotopic (exact) mass is 307 g/mol. The number of aromatic nitrogens is 2. The minimum Gasteiger partial charge on any atom is -0.333 e. The van der Waals surface area contributed by atoms with Crippen molar-refractivity contribution in [2.75, 3.05) is 0 Å². The van der Waals surface area contributed by atoms with Gasteiger partial charge in [0.05, 0.1) is 0 Å². The van der Waals surface area contributed by atoms with Crippen LogP contribution in [0.5, 0.6) is 0 Å². The van der Waals surface area contributed by atoms with Crippen molar-refractivity contribution < 1.29 is 4.52 Å². The summed E-state index contributed by atoms with van der Waals surface area (Å²) < 4.78 is 5.27. The second-order valence-corrected chi connectivity index (χ2v) is 5.82. The maximum atomic E-state index is 9.36. The van der Waals surface area contributed by atoms with E-state index in [1.807, 2.05) is 49.6 Å². The Hall–Kier alpha value is -2.71. The maximum absolute atomic E-state index is 9.36. The predicted molar refractivity (Wildman–Crippen MR) is 87.0 cm³/mol. The van der Waals surface area contributed by atoms with Gasteiger partial charge in [0, 0.05) is 10.4 Å². The summed E-state index contributed by atoms with van der Waals surface area (Å²) in [5.74, 6) is 0.741. The van der Waals surface area contributed by atoms with Gasteiger partial charge in [-0.1, -0.05) is 29.4 Å². The number of hydrogen-bond acceptors (Lipinski definition) is 5. The molecule has 108 valence electrons. The first-order valence-electron chi connectivity index (χ1n) is 6.75. The van der Waals surface area contributed by atoms with E-state index in [1.54, 1.807) is 17.4 Å². The second kappa shape index (κ2) is 5.96. The van der Waals surface area contributed by atoms with Crippen LogP contribution in [0.3, 0.4) is 0 Å². The highest BCUT2D eigenvalue weighted by Gasteiger charge is 2.14. The van der Waals surface area contributed by atoms with Crippen LogP contribution >= 0.6 is 11.3 Å². The minimum atomic E-state index is 0.244. The summed E-state index contributed by atoms with van der Waals surface area (Å²) in [6.07, 6.45) is 1.79. The van der Waals surface area contributed by atoms with Crippen LogP contribution in [0.25, 0.3) is 23.0 Å². The molecule has 2 heterocycles. The molecule has 4 nitrogen and oxygen atoms in total. The van der Waals surface area contributed by atoms with Crippen LogP contribution in [-0.4, -0.2) is 10.1 Å². The molecule has 5 heteroatoms. The Bertz CT molecular complexity index is 883. The molecular formula is C17H13N3OS. The zero-order chi connectivity index (χ0) is 15.5. The molecule has 1 aromatic carbocycles. The third-order valence-electron chi connectivity index (χ3n) is 3.34. The normalized spacial score (nSPS) is 11.4. The first-order valence-corrected chi connectivity index (χ1v) is 7.63. The molecule has 3 aromatic rings. The molecule has 3 rings (SSSR count). The molecule has 0 N–H and O–H groups in total. The molecule has 0 radical (unpaired) electrons. The quantitative estimate of drug-likeness (QED) is 0.669. The van der Waals surface area contributed by atoms with Crippen molar-refractivity contribution in [1.29, 1.82) is 5.26 Å². The van der Waals surface area contributed by atoms with Gasteiger partial charge >= 0.3 is 0 Å². The van der Waals surface area contributed by atoms with Crippen molar-refractivity contribution in [3.8, 4) is 17.5 Å². The Labute approximate surface area is 132 Å². The van der Waals surface area contributed by atoms with Gasteiger partial charge in [0.15, 0.2) is 0 Å². The van der Waals surface area contributed by atoms with Crippen LogP contribution in [0, 0.1) is 25.2 Å². The Morgan fingerprint density at radius 2 is 2.05 bits per heavy atom. The zero-order valence-electron chi connectivity index (χ0n) is 12.2. The molecule has 0 unspecified atom stereocenters. The summed E-state index contributed by atoms with van der Waals surface area (Å²) in [6, 6.07) is 12.0. The van der Waals surface area contributed by atoms with Gasteiger partial charge in [-0.15, -0.1) is 11.3 Å². The first kappa shape index (κ1) is 14.2. The number of hydrogen-bond donors (Lipinski definition) is 0. The van der Waals surface area contributed by atoms with Gasteiger partial charge in [-0.25, -0.2) is 0 Å². The minimum absolute atomic E-state index is 0.244. The smallest absolute Gasteiger partial charge is 0.268 e. The van der Waals surface area contributed by atoms with E-state index in [4.69, 9.17) is 4.52 Å². The van der Waals surface area contributed by atoms with Crippen LogP contribution in [0.15, 0.2) is 40.2 Å². The lowest BCUT2D eigenvalue weighted by molar-refractivity contribution is 0.409. The molecular weight excluding hydrogens is 294 g/mol. The number of benzene rings is 1. The van der Waals surface area contributed by atoms with Crippen LogP contribution < -0.4 is 0 Å². The zero-order valence-corrected chi connectivity index (χ0v) is 13.0. The van der Waals surface area contributed by atoms with E-state index in [-0.39, 0.29) is 5.89 Å². The van der Waals surface area contributed by atoms with Crippen LogP contribution in [0.1, 0.15) is 21.9 Å². The number of allylic oxidation sites excluding steroid dienone is 1. The fraction of sp³-hybridized carbons (Fsp3) is 0.118. The standard InChI is InChI=1S/C17H13N3OS/c1-11-5-3-4-6-14(11)16-19-17(21-20-16)13(10-18)9-15-12(2)7-8-22-15/h3-9H,1-2H3/b13-9+. The van der Waals surface area contributed by atoms with E-state index in [0.717, 1.165) is 21.6 Å². The number of aryl methyl sites for hydroxylation is 2. The summed E-state index contributed by atoms with van der Waals surface area (Å²) in [5, 5.41) is 15.3. The van der Waals surface area contributed by atoms with E-state index in [0.29, 0.717) is 11.4 Å². The summed E-state index contributed by atoms with van der Waals surface area (Å²) >= 11 is 1.58. The molecule has 0 aliphatic heterocycles. The number of nitrogens with zero attached hydrogens (tertiary/aromatic N) is 3. The third-order valence-corrected chi connectivity index (χ3v) is 4.31. The van der Waals surface area contributed by atoms with Gasteiger partial charge in [-0.05, 0) is 42.5 Å². The molecule has 0 spiro atoms. The second-order valence-electron chi connectivity index (χ2n) is 4.88. The highest BCUT2D eigenvalue weighted by molar-refractivity contribution is 7.11. The molecule has 0 bridgehead atoms. The van der Waals surface area contributed by atoms with Gasteiger partial charge in [0.2, 0.25) is 5.82 Å². The van der Waals surface area contributed by atoms with E-state index >= 15 is 0 Å². The molecule has 2 aromatic heterocycles. The van der Waals surface area contributed by atoms with E-state index < -0.39 is 0 Å². The summed E-state index contributed by atoms with van der Waals surface area (Å²) in [6.45, 7) is 3.99. The third kappa shape index (κ3) is 2.69. The Morgan fingerprint density at radius 3 is 2.73 bits per heavy atom. The fourth-order valence-electron chi connectivity index (χ4n) is 2.07. The summed E-state index contributed by atoms with van der Waals surface area (Å²) in [7, 11) is 0. The van der Waals surface area contributed by atoms with Gasteiger partial charge < -0.3 is 4.52 Å². The molecule has 0 amide bonds. The maximum Gasteiger partial charge on any atom is 0.268 e. The van der Waals surface area contributed by atoms with Gasteiger partial charge in [-0.3, -0.25) is 0 Å². The molecule has 22 heavy (non-hydrogen) atoms. The summed E-state index contributed by atoms with van der Waals surface area (Å²) in [5.41, 5.74) is 3.46. The van der Waals surface area contributed by atoms with Crippen molar-refractivity contribution in [1.82, 2.24) is 10.1 Å². The van der Waals surface area contributed by atoms with Gasteiger partial charge in [0.1, 0.15) is 11.6 Å². The van der Waals surface area contributed by atoms with Gasteiger partial charge in [-0.2, -0.15) is 10.2 Å². The molecule has 0 aliphatic rings.